The van der Waals surface area contributed by atoms with Gasteiger partial charge in [0, 0.05) is 0 Å². The lowest BCUT2D eigenvalue weighted by atomic mass is 9.50. The molecule has 2 aliphatic rings. The Morgan fingerprint density at radius 2 is 2.00 bits per heavy atom. The molecule has 0 radical (unpaired) electrons. The minimum Gasteiger partial charge on any atom is -0.481 e. The molecular weight excluding hydrogens is 272 g/mol. The van der Waals surface area contributed by atoms with Crippen LogP contribution in [-0.4, -0.2) is 11.1 Å². The average Bonchev–Trinajstić information content (AvgIpc) is 2.46. The molecule has 22 heavy (non-hydrogen) atoms. The number of rotatable bonds is 2. The van der Waals surface area contributed by atoms with E-state index < -0.39 is 11.4 Å². The molecule has 0 aromatic heterocycles. The number of hydrogen-bond donors (Lipinski definition) is 1. The van der Waals surface area contributed by atoms with Crippen molar-refractivity contribution in [1.82, 2.24) is 0 Å². The molecule has 0 heterocycles. The molecule has 0 unspecified atom stereocenters. The molecule has 1 aromatic carbocycles. The summed E-state index contributed by atoms with van der Waals surface area (Å²) in [5.41, 5.74) is 3.73. The summed E-state index contributed by atoms with van der Waals surface area (Å²) in [7, 11) is 0. The second kappa shape index (κ2) is 5.11. The highest BCUT2D eigenvalue weighted by atomic mass is 16.4. The lowest BCUT2D eigenvalue weighted by molar-refractivity contribution is -0.157. The van der Waals surface area contributed by atoms with Gasteiger partial charge in [-0.25, -0.2) is 0 Å². The molecule has 1 N–H and O–H groups in total. The Hall–Kier alpha value is -1.31. The third kappa shape index (κ3) is 2.11. The molecule has 3 atom stereocenters. The van der Waals surface area contributed by atoms with Crippen molar-refractivity contribution in [3.8, 4) is 0 Å². The number of aliphatic carboxylic acids is 1. The fraction of sp³-hybridized carbons (Fsp3) is 0.650. The Morgan fingerprint density at radius 1 is 1.27 bits per heavy atom. The zero-order valence-electron chi connectivity index (χ0n) is 14.3. The summed E-state index contributed by atoms with van der Waals surface area (Å²) in [5.74, 6) is 0.195. The zero-order valence-corrected chi connectivity index (χ0v) is 14.3. The topological polar surface area (TPSA) is 37.3 Å². The van der Waals surface area contributed by atoms with Crippen molar-refractivity contribution < 1.29 is 9.90 Å². The largest absolute Gasteiger partial charge is 0.481 e. The van der Waals surface area contributed by atoms with Crippen molar-refractivity contribution in [2.24, 2.45) is 11.3 Å². The fourth-order valence-electron chi connectivity index (χ4n) is 5.13. The van der Waals surface area contributed by atoms with Gasteiger partial charge in [-0.15, -0.1) is 0 Å². The van der Waals surface area contributed by atoms with Crippen LogP contribution in [0.15, 0.2) is 18.2 Å². The minimum atomic E-state index is -0.606. The lowest BCUT2D eigenvalue weighted by Crippen LogP contribution is -2.52. The van der Waals surface area contributed by atoms with E-state index in [4.69, 9.17) is 0 Å². The highest BCUT2D eigenvalue weighted by Crippen LogP contribution is 2.57. The monoisotopic (exact) mass is 300 g/mol. The molecule has 1 saturated carbocycles. The van der Waals surface area contributed by atoms with Gasteiger partial charge in [-0.05, 0) is 66.5 Å². The first kappa shape index (κ1) is 15.6. The number of carboxylic acid groups (broad SMARTS) is 1. The molecule has 0 saturated heterocycles. The molecule has 0 bridgehead atoms. The first-order valence-corrected chi connectivity index (χ1v) is 8.66. The summed E-state index contributed by atoms with van der Waals surface area (Å²) in [6.45, 7) is 8.75. The van der Waals surface area contributed by atoms with Gasteiger partial charge >= 0.3 is 5.97 Å². The van der Waals surface area contributed by atoms with E-state index in [0.717, 1.165) is 32.1 Å². The van der Waals surface area contributed by atoms with Gasteiger partial charge in [0.15, 0.2) is 0 Å². The number of benzene rings is 1. The van der Waals surface area contributed by atoms with Crippen LogP contribution >= 0.6 is 0 Å². The van der Waals surface area contributed by atoms with Crippen LogP contribution in [0.3, 0.4) is 0 Å². The summed E-state index contributed by atoms with van der Waals surface area (Å²) in [5, 5.41) is 9.82. The van der Waals surface area contributed by atoms with Crippen LogP contribution < -0.4 is 0 Å². The van der Waals surface area contributed by atoms with Crippen molar-refractivity contribution in [2.45, 2.75) is 71.1 Å². The van der Waals surface area contributed by atoms with Crippen LogP contribution in [0, 0.1) is 11.3 Å². The summed E-state index contributed by atoms with van der Waals surface area (Å²) in [6, 6.07) is 6.92. The second-order valence-corrected chi connectivity index (χ2v) is 8.16. The number of carboxylic acids is 1. The van der Waals surface area contributed by atoms with Crippen molar-refractivity contribution in [1.29, 1.82) is 0 Å². The molecular formula is C20H28O2. The quantitative estimate of drug-likeness (QED) is 0.843. The first-order chi connectivity index (χ1) is 10.3. The van der Waals surface area contributed by atoms with E-state index >= 15 is 0 Å². The Bertz CT molecular complexity index is 604. The predicted octanol–water partition coefficient (Wildman–Crippen LogP) is 4.90. The molecule has 1 fully saturated rings. The van der Waals surface area contributed by atoms with E-state index in [1.807, 2.05) is 6.92 Å². The number of fused-ring (bicyclic) bond motifs is 3. The van der Waals surface area contributed by atoms with E-state index in [1.54, 1.807) is 0 Å². The van der Waals surface area contributed by atoms with E-state index in [2.05, 4.69) is 39.0 Å². The number of aryl methyl sites for hydroxylation is 1. The number of hydrogen-bond acceptors (Lipinski definition) is 1. The Morgan fingerprint density at radius 3 is 2.64 bits per heavy atom. The van der Waals surface area contributed by atoms with Crippen LogP contribution in [-0.2, 0) is 16.6 Å². The van der Waals surface area contributed by atoms with Gasteiger partial charge in [0.2, 0.25) is 0 Å². The van der Waals surface area contributed by atoms with Crippen molar-refractivity contribution in [2.75, 3.05) is 0 Å². The smallest absolute Gasteiger partial charge is 0.309 e. The average molecular weight is 300 g/mol. The van der Waals surface area contributed by atoms with E-state index in [0.29, 0.717) is 5.92 Å². The Kier molecular flexibility index (Phi) is 3.62. The van der Waals surface area contributed by atoms with E-state index in [1.165, 1.54) is 16.7 Å². The van der Waals surface area contributed by atoms with Gasteiger partial charge in [-0.2, -0.15) is 0 Å². The third-order valence-electron chi connectivity index (χ3n) is 6.53. The van der Waals surface area contributed by atoms with Crippen LogP contribution in [0.5, 0.6) is 0 Å². The van der Waals surface area contributed by atoms with Crippen molar-refractivity contribution in [3.05, 3.63) is 34.9 Å². The second-order valence-electron chi connectivity index (χ2n) is 8.16. The zero-order chi connectivity index (χ0) is 16.1. The van der Waals surface area contributed by atoms with Crippen LogP contribution in [0.2, 0.25) is 0 Å². The molecule has 2 nitrogen and oxygen atoms in total. The van der Waals surface area contributed by atoms with Gasteiger partial charge in [0.05, 0.1) is 5.41 Å². The summed E-state index contributed by atoms with van der Waals surface area (Å²) < 4.78 is 0. The summed E-state index contributed by atoms with van der Waals surface area (Å²) in [6.07, 6.45) is 4.99. The predicted molar refractivity (Wildman–Crippen MR) is 89.3 cm³/mol. The fourth-order valence-corrected chi connectivity index (χ4v) is 5.13. The SMILES string of the molecule is CC(C)c1ccc2c(c1)CC[C@@H]1[C@](C)(C(=O)O)CCC[C@@]21C. The summed E-state index contributed by atoms with van der Waals surface area (Å²) in [4.78, 5) is 11.9. The highest BCUT2D eigenvalue weighted by molar-refractivity contribution is 5.75. The van der Waals surface area contributed by atoms with Crippen LogP contribution in [0.1, 0.15) is 76.0 Å². The molecule has 0 spiro atoms. The Balaban J connectivity index is 2.08. The maximum absolute atomic E-state index is 11.9. The molecule has 2 heteroatoms. The first-order valence-electron chi connectivity index (χ1n) is 8.66. The normalized spacial score (nSPS) is 34.1. The molecule has 0 aliphatic heterocycles. The lowest BCUT2D eigenvalue weighted by Gasteiger charge is -2.53. The van der Waals surface area contributed by atoms with Gasteiger partial charge < -0.3 is 5.11 Å². The third-order valence-corrected chi connectivity index (χ3v) is 6.53. The van der Waals surface area contributed by atoms with Crippen LogP contribution in [0.25, 0.3) is 0 Å². The van der Waals surface area contributed by atoms with E-state index in [-0.39, 0.29) is 11.3 Å². The van der Waals surface area contributed by atoms with Crippen molar-refractivity contribution >= 4 is 5.97 Å². The minimum absolute atomic E-state index is 0.0223. The highest BCUT2D eigenvalue weighted by Gasteiger charge is 2.55. The molecule has 1 aromatic rings. The summed E-state index contributed by atoms with van der Waals surface area (Å²) >= 11 is 0. The van der Waals surface area contributed by atoms with Crippen molar-refractivity contribution in [3.63, 3.8) is 0 Å². The maximum atomic E-state index is 11.9. The number of carbonyl (C=O) groups is 1. The maximum Gasteiger partial charge on any atom is 0.309 e. The van der Waals surface area contributed by atoms with Gasteiger partial charge in [0.1, 0.15) is 0 Å². The van der Waals surface area contributed by atoms with Gasteiger partial charge in [-0.3, -0.25) is 4.79 Å². The van der Waals surface area contributed by atoms with Gasteiger partial charge in [0.25, 0.3) is 0 Å². The molecule has 3 rings (SSSR count). The van der Waals surface area contributed by atoms with E-state index in [9.17, 15) is 9.90 Å². The Labute approximate surface area is 133 Å². The molecule has 2 aliphatic carbocycles. The molecule has 0 amide bonds. The standard InChI is InChI=1S/C20H28O2/c1-13(2)14-6-8-16-15(12-14)7-9-17-19(16,3)10-5-11-20(17,4)18(21)22/h6,8,12-13,17H,5,7,9-11H2,1-4H3,(H,21,22)/t17-,19-,20+/m0/s1. The van der Waals surface area contributed by atoms with Crippen LogP contribution in [0.4, 0.5) is 0 Å². The molecule has 120 valence electrons. The van der Waals surface area contributed by atoms with Gasteiger partial charge in [-0.1, -0.05) is 45.4 Å².